The van der Waals surface area contributed by atoms with Gasteiger partial charge in [0, 0.05) is 17.7 Å². The lowest BCUT2D eigenvalue weighted by Crippen LogP contribution is -2.03. The van der Waals surface area contributed by atoms with E-state index in [2.05, 4.69) is 48.2 Å². The molecular weight excluding hydrogens is 410 g/mol. The van der Waals surface area contributed by atoms with Gasteiger partial charge in [-0.05, 0) is 26.1 Å². The summed E-state index contributed by atoms with van der Waals surface area (Å²) in [7, 11) is 1.89. The predicted molar refractivity (Wildman–Crippen MR) is 96.0 cm³/mol. The van der Waals surface area contributed by atoms with Crippen molar-refractivity contribution in [2.75, 3.05) is 13.6 Å². The second-order valence-corrected chi connectivity index (χ2v) is 7.61. The highest BCUT2D eigenvalue weighted by Crippen LogP contribution is 2.36. The number of aromatic nitrogens is 1. The third-order valence-corrected chi connectivity index (χ3v) is 4.05. The quantitative estimate of drug-likeness (QED) is 0.559. The summed E-state index contributed by atoms with van der Waals surface area (Å²) in [6.45, 7) is 2.71. The highest BCUT2D eigenvalue weighted by Gasteiger charge is 2.17. The zero-order valence-corrected chi connectivity index (χ0v) is 15.4. The first-order valence-electron chi connectivity index (χ1n) is 6.71. The number of fused-ring (bicyclic) bond motifs is 1. The fourth-order valence-corrected chi connectivity index (χ4v) is 2.68. The second-order valence-electron chi connectivity index (χ2n) is 4.55. The molecule has 0 aliphatic carbocycles. The van der Waals surface area contributed by atoms with E-state index in [1.165, 1.54) is 0 Å². The van der Waals surface area contributed by atoms with E-state index < -0.39 is 0 Å². The summed E-state index contributed by atoms with van der Waals surface area (Å²) in [6.07, 6.45) is 5.91. The molecular formula is C16H15Br2N3O. The highest BCUT2D eigenvalue weighted by atomic mass is 79.9. The van der Waals surface area contributed by atoms with E-state index in [0.717, 1.165) is 17.7 Å². The zero-order chi connectivity index (χ0) is 16.1. The minimum atomic E-state index is -0.106. The number of nitriles is 1. The Morgan fingerprint density at radius 1 is 1.50 bits per heavy atom. The van der Waals surface area contributed by atoms with Gasteiger partial charge in [0.15, 0.2) is 5.58 Å². The van der Waals surface area contributed by atoms with Crippen LogP contribution in [0.2, 0.25) is 0 Å². The van der Waals surface area contributed by atoms with Crippen molar-refractivity contribution in [1.29, 1.82) is 5.26 Å². The number of hydrogen-bond acceptors (Lipinski definition) is 4. The number of rotatable bonds is 5. The number of nitrogens with one attached hydrogen (secondary N) is 1. The monoisotopic (exact) mass is 423 g/mol. The molecule has 1 aromatic heterocycles. The molecule has 0 aliphatic rings. The van der Waals surface area contributed by atoms with Crippen LogP contribution in [0.25, 0.3) is 16.7 Å². The first kappa shape index (κ1) is 16.9. The highest BCUT2D eigenvalue weighted by molar-refractivity contribution is 9.24. The van der Waals surface area contributed by atoms with Gasteiger partial charge in [-0.15, -0.1) is 0 Å². The van der Waals surface area contributed by atoms with Crippen molar-refractivity contribution in [1.82, 2.24) is 10.3 Å². The van der Waals surface area contributed by atoms with Crippen molar-refractivity contribution >= 4 is 48.5 Å². The molecule has 0 fully saturated rings. The van der Waals surface area contributed by atoms with Crippen LogP contribution in [0.3, 0.4) is 0 Å². The number of alkyl halides is 2. The molecule has 0 aliphatic heterocycles. The summed E-state index contributed by atoms with van der Waals surface area (Å²) in [5.41, 5.74) is 3.65. The first-order chi connectivity index (χ1) is 10.6. The Bertz CT molecular complexity index is 770. The van der Waals surface area contributed by atoms with E-state index in [1.807, 2.05) is 32.2 Å². The second kappa shape index (κ2) is 7.73. The molecule has 1 aromatic carbocycles. The molecule has 0 atom stereocenters. The Kier molecular flexibility index (Phi) is 5.95. The van der Waals surface area contributed by atoms with E-state index in [-0.39, 0.29) is 3.74 Å². The summed E-state index contributed by atoms with van der Waals surface area (Å²) in [5.74, 6) is 0.543. The Hall–Kier alpha value is -1.42. The minimum Gasteiger partial charge on any atom is -0.436 e. The molecule has 114 valence electrons. The van der Waals surface area contributed by atoms with Crippen molar-refractivity contribution < 1.29 is 4.42 Å². The predicted octanol–water partition coefficient (Wildman–Crippen LogP) is 4.67. The Balaban J connectivity index is 2.54. The molecule has 0 saturated heterocycles. The number of nitrogens with zero attached hydrogens (tertiary/aromatic N) is 2. The van der Waals surface area contributed by atoms with Crippen molar-refractivity contribution in [3.63, 3.8) is 0 Å². The number of allylic oxidation sites excluding steroid dienone is 3. The molecule has 2 rings (SSSR count). The van der Waals surface area contributed by atoms with Gasteiger partial charge in [0.1, 0.15) is 5.52 Å². The molecule has 0 spiro atoms. The van der Waals surface area contributed by atoms with E-state index in [4.69, 9.17) is 9.68 Å². The van der Waals surface area contributed by atoms with Crippen molar-refractivity contribution in [3.8, 4) is 6.07 Å². The molecule has 6 heteroatoms. The fraction of sp³-hybridized carbons (Fsp3) is 0.250. The maximum absolute atomic E-state index is 9.14. The van der Waals surface area contributed by atoms with Crippen LogP contribution in [0, 0.1) is 11.3 Å². The smallest absolute Gasteiger partial charge is 0.226 e. The molecule has 2 aromatic rings. The van der Waals surface area contributed by atoms with Crippen LogP contribution in [-0.2, 0) is 0 Å². The van der Waals surface area contributed by atoms with Crippen molar-refractivity contribution in [2.24, 2.45) is 0 Å². The van der Waals surface area contributed by atoms with Crippen LogP contribution in [0.4, 0.5) is 0 Å². The Labute approximate surface area is 146 Å². The SMILES string of the molecule is C/C=C(\C=C/CNC)c1nc2cc(C#N)cc(C(Br)Br)c2o1. The lowest BCUT2D eigenvalue weighted by molar-refractivity contribution is 0.583. The van der Waals surface area contributed by atoms with Gasteiger partial charge in [-0.25, -0.2) is 4.98 Å². The van der Waals surface area contributed by atoms with E-state index in [9.17, 15) is 0 Å². The molecule has 4 nitrogen and oxygen atoms in total. The van der Waals surface area contributed by atoms with Gasteiger partial charge < -0.3 is 9.73 Å². The third-order valence-electron chi connectivity index (χ3n) is 3.06. The summed E-state index contributed by atoms with van der Waals surface area (Å²) >= 11 is 6.93. The first-order valence-corrected chi connectivity index (χ1v) is 8.54. The van der Waals surface area contributed by atoms with E-state index in [0.29, 0.717) is 22.6 Å². The number of oxazole rings is 1. The molecule has 1 heterocycles. The minimum absolute atomic E-state index is 0.106. The van der Waals surface area contributed by atoms with Gasteiger partial charge in [0.05, 0.1) is 15.4 Å². The largest absolute Gasteiger partial charge is 0.436 e. The maximum Gasteiger partial charge on any atom is 0.226 e. The number of hydrogen-bond donors (Lipinski definition) is 1. The van der Waals surface area contributed by atoms with Crippen molar-refractivity contribution in [2.45, 2.75) is 10.7 Å². The van der Waals surface area contributed by atoms with Gasteiger partial charge in [-0.2, -0.15) is 5.26 Å². The average molecular weight is 425 g/mol. The van der Waals surface area contributed by atoms with Crippen molar-refractivity contribution in [3.05, 3.63) is 47.4 Å². The summed E-state index contributed by atoms with van der Waals surface area (Å²) in [5, 5.41) is 12.2. The third kappa shape index (κ3) is 3.67. The van der Waals surface area contributed by atoms with Crippen LogP contribution in [0.5, 0.6) is 0 Å². The lowest BCUT2D eigenvalue weighted by atomic mass is 10.1. The number of benzene rings is 1. The van der Waals surface area contributed by atoms with Gasteiger partial charge in [-0.1, -0.05) is 50.1 Å². The van der Waals surface area contributed by atoms with Gasteiger partial charge in [-0.3, -0.25) is 0 Å². The molecule has 0 amide bonds. The van der Waals surface area contributed by atoms with Gasteiger partial charge in [0.25, 0.3) is 0 Å². The molecule has 22 heavy (non-hydrogen) atoms. The van der Waals surface area contributed by atoms with Crippen LogP contribution < -0.4 is 5.32 Å². The van der Waals surface area contributed by atoms with E-state index in [1.54, 1.807) is 12.1 Å². The normalized spacial score (nSPS) is 12.5. The lowest BCUT2D eigenvalue weighted by Gasteiger charge is -2.02. The van der Waals surface area contributed by atoms with Gasteiger partial charge in [0.2, 0.25) is 5.89 Å². The van der Waals surface area contributed by atoms with E-state index >= 15 is 0 Å². The topological polar surface area (TPSA) is 61.9 Å². The Morgan fingerprint density at radius 3 is 2.86 bits per heavy atom. The molecule has 1 N–H and O–H groups in total. The van der Waals surface area contributed by atoms with Gasteiger partial charge >= 0.3 is 0 Å². The van der Waals surface area contributed by atoms with Crippen LogP contribution >= 0.6 is 31.9 Å². The molecule has 0 radical (unpaired) electrons. The fourth-order valence-electron chi connectivity index (χ4n) is 2.00. The van der Waals surface area contributed by atoms with Crippen LogP contribution in [0.15, 0.2) is 34.8 Å². The average Bonchev–Trinajstić information content (AvgIpc) is 2.93. The maximum atomic E-state index is 9.14. The van der Waals surface area contributed by atoms with Crippen LogP contribution in [-0.4, -0.2) is 18.6 Å². The summed E-state index contributed by atoms with van der Waals surface area (Å²) in [6, 6.07) is 5.67. The zero-order valence-electron chi connectivity index (χ0n) is 12.2. The molecule has 0 bridgehead atoms. The molecule has 0 unspecified atom stereocenters. The number of likely N-dealkylation sites (N-methyl/N-ethyl adjacent to an activating group) is 1. The molecule has 0 saturated carbocycles. The number of halogens is 2. The summed E-state index contributed by atoms with van der Waals surface area (Å²) in [4.78, 5) is 4.51. The standard InChI is InChI=1S/C16H15Br2N3O/c1-3-11(5-4-6-20-2)16-21-13-8-10(9-19)7-12(15(17)18)14(13)22-16/h3-5,7-8,15,20H,6H2,1-2H3/b5-4-,11-3+. The van der Waals surface area contributed by atoms with Crippen LogP contribution in [0.1, 0.15) is 27.7 Å². The Morgan fingerprint density at radius 2 is 2.27 bits per heavy atom. The summed E-state index contributed by atoms with van der Waals surface area (Å²) < 4.78 is 5.82.